The molecule has 0 aliphatic carbocycles. The van der Waals surface area contributed by atoms with Gasteiger partial charge in [-0.25, -0.2) is 0 Å². The first-order chi connectivity index (χ1) is 10.6. The molecule has 6 heteroatoms. The zero-order chi connectivity index (χ0) is 15.5. The van der Waals surface area contributed by atoms with Crippen LogP contribution in [0.2, 0.25) is 5.02 Å². The van der Waals surface area contributed by atoms with Gasteiger partial charge in [0.25, 0.3) is 5.91 Å². The summed E-state index contributed by atoms with van der Waals surface area (Å²) < 4.78 is 5.89. The number of nitrogens with one attached hydrogen (secondary N) is 1. The van der Waals surface area contributed by atoms with Gasteiger partial charge in [-0.3, -0.25) is 9.78 Å². The van der Waals surface area contributed by atoms with Gasteiger partial charge in [0.1, 0.15) is 11.9 Å². The minimum atomic E-state index is 0.0848. The molecule has 0 aromatic carbocycles. The second kappa shape index (κ2) is 6.40. The van der Waals surface area contributed by atoms with Gasteiger partial charge in [0, 0.05) is 50.6 Å². The Bertz CT molecular complexity index is 663. The number of piperidine rings is 1. The molecular formula is C16H18ClN3O2. The fourth-order valence-corrected chi connectivity index (χ4v) is 2.83. The lowest BCUT2D eigenvalue weighted by Crippen LogP contribution is -2.41. The molecule has 116 valence electrons. The fourth-order valence-electron chi connectivity index (χ4n) is 2.67. The molecule has 0 spiro atoms. The number of aryl methyl sites for hydroxylation is 1. The zero-order valence-corrected chi connectivity index (χ0v) is 13.1. The number of amides is 1. The Morgan fingerprint density at radius 3 is 2.77 bits per heavy atom. The van der Waals surface area contributed by atoms with E-state index in [1.165, 1.54) is 0 Å². The summed E-state index contributed by atoms with van der Waals surface area (Å²) in [5.74, 6) is 0.764. The molecule has 2 aromatic rings. The topological polar surface area (TPSA) is 58.2 Å². The van der Waals surface area contributed by atoms with Crippen molar-refractivity contribution in [2.24, 2.45) is 0 Å². The van der Waals surface area contributed by atoms with Gasteiger partial charge in [-0.05, 0) is 12.5 Å². The van der Waals surface area contributed by atoms with Crippen LogP contribution in [0, 0.1) is 6.92 Å². The van der Waals surface area contributed by atoms with Crippen molar-refractivity contribution in [1.82, 2.24) is 14.9 Å². The lowest BCUT2D eigenvalue weighted by atomic mass is 10.1. The number of rotatable bonds is 3. The van der Waals surface area contributed by atoms with Gasteiger partial charge in [-0.2, -0.15) is 0 Å². The minimum Gasteiger partial charge on any atom is -0.489 e. The first-order valence-corrected chi connectivity index (χ1v) is 7.71. The van der Waals surface area contributed by atoms with Crippen molar-refractivity contribution < 1.29 is 9.53 Å². The normalized spacial score (nSPS) is 15.8. The number of halogens is 1. The molecule has 0 bridgehead atoms. The van der Waals surface area contributed by atoms with E-state index >= 15 is 0 Å². The van der Waals surface area contributed by atoms with Gasteiger partial charge in [-0.1, -0.05) is 11.6 Å². The van der Waals surface area contributed by atoms with E-state index in [4.69, 9.17) is 16.3 Å². The largest absolute Gasteiger partial charge is 0.489 e. The third kappa shape index (κ3) is 3.25. The van der Waals surface area contributed by atoms with Gasteiger partial charge < -0.3 is 14.6 Å². The molecule has 1 aliphatic heterocycles. The summed E-state index contributed by atoms with van der Waals surface area (Å²) in [5.41, 5.74) is 1.73. The van der Waals surface area contributed by atoms with Gasteiger partial charge in [0.2, 0.25) is 0 Å². The Morgan fingerprint density at radius 2 is 2.14 bits per heavy atom. The van der Waals surface area contributed by atoms with Crippen LogP contribution in [0.25, 0.3) is 0 Å². The molecule has 22 heavy (non-hydrogen) atoms. The number of aromatic nitrogens is 2. The molecule has 3 heterocycles. The molecule has 1 aliphatic rings. The summed E-state index contributed by atoms with van der Waals surface area (Å²) in [4.78, 5) is 21.3. The smallest absolute Gasteiger partial charge is 0.255 e. The van der Waals surface area contributed by atoms with Crippen molar-refractivity contribution in [2.75, 3.05) is 13.1 Å². The third-order valence-electron chi connectivity index (χ3n) is 3.89. The van der Waals surface area contributed by atoms with Crippen molar-refractivity contribution in [3.05, 3.63) is 47.0 Å². The predicted octanol–water partition coefficient (Wildman–Crippen LogP) is 3.06. The Labute approximate surface area is 134 Å². The van der Waals surface area contributed by atoms with Gasteiger partial charge in [-0.15, -0.1) is 0 Å². The van der Waals surface area contributed by atoms with Crippen LogP contribution in [0.3, 0.4) is 0 Å². The van der Waals surface area contributed by atoms with Gasteiger partial charge >= 0.3 is 0 Å². The molecule has 1 saturated heterocycles. The number of likely N-dealkylation sites (tertiary alicyclic amines) is 1. The molecule has 0 unspecified atom stereocenters. The monoisotopic (exact) mass is 319 g/mol. The predicted molar refractivity (Wildman–Crippen MR) is 84.3 cm³/mol. The number of carbonyl (C=O) groups excluding carboxylic acids is 1. The van der Waals surface area contributed by atoms with E-state index in [0.717, 1.165) is 24.0 Å². The number of aromatic amines is 1. The Morgan fingerprint density at radius 1 is 1.36 bits per heavy atom. The molecule has 0 radical (unpaired) electrons. The molecule has 2 aromatic heterocycles. The Kier molecular flexibility index (Phi) is 4.34. The SMILES string of the molecule is Cc1c[nH]cc1C(=O)N1CCC(Oc2cncc(Cl)c2)CC1. The summed E-state index contributed by atoms with van der Waals surface area (Å²) in [6.45, 7) is 3.33. The van der Waals surface area contributed by atoms with Crippen LogP contribution in [0.15, 0.2) is 30.9 Å². The van der Waals surface area contributed by atoms with Gasteiger partial charge in [0.05, 0.1) is 16.8 Å². The first-order valence-electron chi connectivity index (χ1n) is 7.33. The molecule has 3 rings (SSSR count). The van der Waals surface area contributed by atoms with E-state index in [0.29, 0.717) is 23.9 Å². The summed E-state index contributed by atoms with van der Waals surface area (Å²) in [6, 6.07) is 1.76. The van der Waals surface area contributed by atoms with Crippen molar-refractivity contribution in [2.45, 2.75) is 25.9 Å². The fraction of sp³-hybridized carbons (Fsp3) is 0.375. The average molecular weight is 320 g/mol. The zero-order valence-electron chi connectivity index (χ0n) is 12.4. The summed E-state index contributed by atoms with van der Waals surface area (Å²) in [7, 11) is 0. The second-order valence-corrected chi connectivity index (χ2v) is 5.94. The molecule has 1 amide bonds. The number of nitrogens with zero attached hydrogens (tertiary/aromatic N) is 2. The van der Waals surface area contributed by atoms with E-state index in [9.17, 15) is 4.79 Å². The highest BCUT2D eigenvalue weighted by Crippen LogP contribution is 2.22. The molecular weight excluding hydrogens is 302 g/mol. The van der Waals surface area contributed by atoms with E-state index < -0.39 is 0 Å². The highest BCUT2D eigenvalue weighted by Gasteiger charge is 2.25. The van der Waals surface area contributed by atoms with Crippen molar-refractivity contribution in [3.8, 4) is 5.75 Å². The first kappa shape index (κ1) is 14.9. The number of ether oxygens (including phenoxy) is 1. The van der Waals surface area contributed by atoms with E-state index in [2.05, 4.69) is 9.97 Å². The number of H-pyrrole nitrogens is 1. The minimum absolute atomic E-state index is 0.0848. The summed E-state index contributed by atoms with van der Waals surface area (Å²) in [6.07, 6.45) is 8.55. The quantitative estimate of drug-likeness (QED) is 0.946. The average Bonchev–Trinajstić information content (AvgIpc) is 2.93. The standard InChI is InChI=1S/C16H18ClN3O2/c1-11-7-18-10-15(11)16(21)20-4-2-13(3-5-20)22-14-6-12(17)8-19-9-14/h6-10,13,18H,2-5H2,1H3. The molecule has 1 N–H and O–H groups in total. The van der Waals surface area contributed by atoms with Crippen molar-refractivity contribution in [3.63, 3.8) is 0 Å². The number of carbonyl (C=O) groups is 1. The van der Waals surface area contributed by atoms with Crippen LogP contribution in [-0.4, -0.2) is 40.0 Å². The summed E-state index contributed by atoms with van der Waals surface area (Å²) in [5, 5.41) is 0.563. The highest BCUT2D eigenvalue weighted by molar-refractivity contribution is 6.30. The van der Waals surface area contributed by atoms with Crippen molar-refractivity contribution >= 4 is 17.5 Å². The molecule has 0 atom stereocenters. The second-order valence-electron chi connectivity index (χ2n) is 5.50. The van der Waals surface area contributed by atoms with Crippen molar-refractivity contribution in [1.29, 1.82) is 0 Å². The lowest BCUT2D eigenvalue weighted by Gasteiger charge is -2.32. The van der Waals surface area contributed by atoms with Crippen LogP contribution in [0.5, 0.6) is 5.75 Å². The molecule has 5 nitrogen and oxygen atoms in total. The lowest BCUT2D eigenvalue weighted by molar-refractivity contribution is 0.0594. The van der Waals surface area contributed by atoms with E-state index in [-0.39, 0.29) is 12.0 Å². The highest BCUT2D eigenvalue weighted by atomic mass is 35.5. The maximum atomic E-state index is 12.4. The van der Waals surface area contributed by atoms with E-state index in [1.54, 1.807) is 24.7 Å². The van der Waals surface area contributed by atoms with Crippen LogP contribution in [0.1, 0.15) is 28.8 Å². The van der Waals surface area contributed by atoms with Crippen LogP contribution >= 0.6 is 11.6 Å². The van der Waals surface area contributed by atoms with Crippen LogP contribution < -0.4 is 4.74 Å². The maximum absolute atomic E-state index is 12.4. The number of hydrogen-bond acceptors (Lipinski definition) is 3. The third-order valence-corrected chi connectivity index (χ3v) is 4.10. The molecule has 1 fully saturated rings. The van der Waals surface area contributed by atoms with Gasteiger partial charge in [0.15, 0.2) is 0 Å². The number of pyridine rings is 1. The van der Waals surface area contributed by atoms with E-state index in [1.807, 2.05) is 18.0 Å². The molecule has 0 saturated carbocycles. The maximum Gasteiger partial charge on any atom is 0.255 e. The summed E-state index contributed by atoms with van der Waals surface area (Å²) >= 11 is 5.90. The Hall–Kier alpha value is -2.01. The Balaban J connectivity index is 1.56. The number of hydrogen-bond donors (Lipinski definition) is 1. The van der Waals surface area contributed by atoms with Crippen LogP contribution in [0.4, 0.5) is 0 Å². The van der Waals surface area contributed by atoms with Crippen LogP contribution in [-0.2, 0) is 0 Å².